The van der Waals surface area contributed by atoms with Crippen molar-refractivity contribution in [2.24, 2.45) is 0 Å². The van der Waals surface area contributed by atoms with Gasteiger partial charge in [-0.25, -0.2) is 9.78 Å². The van der Waals surface area contributed by atoms with Gasteiger partial charge in [-0.1, -0.05) is 11.6 Å². The average molecular weight is 198 g/mol. The first-order valence-corrected chi connectivity index (χ1v) is 3.83. The maximum absolute atomic E-state index is 11.2. The first-order valence-electron chi connectivity index (χ1n) is 3.46. The van der Waals surface area contributed by atoms with Gasteiger partial charge < -0.3 is 4.98 Å². The van der Waals surface area contributed by atoms with Gasteiger partial charge in [-0.15, -0.1) is 0 Å². The summed E-state index contributed by atoms with van der Waals surface area (Å²) in [4.78, 5) is 30.2. The van der Waals surface area contributed by atoms with Crippen LogP contribution in [0.4, 0.5) is 0 Å². The maximum Gasteiger partial charge on any atom is 0.326 e. The van der Waals surface area contributed by atoms with Crippen molar-refractivity contribution in [3.05, 3.63) is 38.1 Å². The molecule has 0 saturated heterocycles. The molecule has 2 aromatic heterocycles. The number of halogens is 1. The SMILES string of the molecule is O=c1[nH]c(=O)c2nc(Cl)ccc2[nH]1. The Kier molecular flexibility index (Phi) is 1.66. The number of hydrogen-bond acceptors (Lipinski definition) is 3. The highest BCUT2D eigenvalue weighted by molar-refractivity contribution is 6.29. The monoisotopic (exact) mass is 197 g/mol. The molecule has 2 rings (SSSR count). The summed E-state index contributed by atoms with van der Waals surface area (Å²) in [7, 11) is 0. The number of fused-ring (bicyclic) bond motifs is 1. The van der Waals surface area contributed by atoms with Crippen LogP contribution in [-0.4, -0.2) is 15.0 Å². The number of H-pyrrole nitrogens is 2. The Bertz CT molecular complexity index is 572. The predicted octanol–water partition coefficient (Wildman–Crippen LogP) is 0.265. The average Bonchev–Trinajstić information content (AvgIpc) is 2.06. The molecule has 0 fully saturated rings. The fourth-order valence-electron chi connectivity index (χ4n) is 1.03. The molecule has 0 amide bonds. The van der Waals surface area contributed by atoms with Crippen molar-refractivity contribution in [3.63, 3.8) is 0 Å². The Balaban J connectivity index is 3.04. The molecule has 0 atom stereocenters. The molecule has 0 saturated carbocycles. The van der Waals surface area contributed by atoms with Crippen LogP contribution >= 0.6 is 11.6 Å². The van der Waals surface area contributed by atoms with Crippen molar-refractivity contribution in [2.75, 3.05) is 0 Å². The number of nitrogens with zero attached hydrogens (tertiary/aromatic N) is 1. The molecular weight excluding hydrogens is 194 g/mol. The van der Waals surface area contributed by atoms with E-state index in [4.69, 9.17) is 11.6 Å². The minimum atomic E-state index is -0.554. The van der Waals surface area contributed by atoms with Gasteiger partial charge in [-0.2, -0.15) is 0 Å². The smallest absolute Gasteiger partial charge is 0.305 e. The number of rotatable bonds is 0. The van der Waals surface area contributed by atoms with Crippen molar-refractivity contribution in [1.29, 1.82) is 0 Å². The molecule has 0 aliphatic rings. The molecule has 0 aliphatic carbocycles. The first kappa shape index (κ1) is 8.00. The highest BCUT2D eigenvalue weighted by Crippen LogP contribution is 2.07. The molecule has 5 nitrogen and oxygen atoms in total. The second-order valence-corrected chi connectivity index (χ2v) is 2.83. The van der Waals surface area contributed by atoms with Gasteiger partial charge in [0.2, 0.25) is 0 Å². The molecule has 0 aliphatic heterocycles. The van der Waals surface area contributed by atoms with Crippen LogP contribution in [0.5, 0.6) is 0 Å². The number of nitrogens with one attached hydrogen (secondary N) is 2. The summed E-state index contributed by atoms with van der Waals surface area (Å²) >= 11 is 5.57. The van der Waals surface area contributed by atoms with Crippen LogP contribution in [0.2, 0.25) is 5.15 Å². The molecule has 0 bridgehead atoms. The van der Waals surface area contributed by atoms with E-state index < -0.39 is 11.2 Å². The zero-order valence-corrected chi connectivity index (χ0v) is 7.05. The van der Waals surface area contributed by atoms with Gasteiger partial charge in [0.1, 0.15) is 5.15 Å². The van der Waals surface area contributed by atoms with Crippen molar-refractivity contribution in [1.82, 2.24) is 15.0 Å². The lowest BCUT2D eigenvalue weighted by Crippen LogP contribution is -2.22. The molecule has 0 spiro atoms. The van der Waals surface area contributed by atoms with Gasteiger partial charge >= 0.3 is 5.69 Å². The van der Waals surface area contributed by atoms with E-state index in [1.807, 2.05) is 0 Å². The van der Waals surface area contributed by atoms with Crippen molar-refractivity contribution >= 4 is 22.6 Å². The van der Waals surface area contributed by atoms with Crippen LogP contribution in [0.15, 0.2) is 21.7 Å². The summed E-state index contributed by atoms with van der Waals surface area (Å²) in [6, 6.07) is 3.03. The van der Waals surface area contributed by atoms with E-state index >= 15 is 0 Å². The fraction of sp³-hybridized carbons (Fsp3) is 0. The number of hydrogen-bond donors (Lipinski definition) is 2. The Morgan fingerprint density at radius 1 is 1.23 bits per heavy atom. The van der Waals surface area contributed by atoms with Gasteiger partial charge in [0.25, 0.3) is 5.56 Å². The van der Waals surface area contributed by atoms with Gasteiger partial charge in [0, 0.05) is 0 Å². The number of pyridine rings is 1. The third kappa shape index (κ3) is 1.33. The normalized spacial score (nSPS) is 10.5. The third-order valence-electron chi connectivity index (χ3n) is 1.55. The molecule has 13 heavy (non-hydrogen) atoms. The molecule has 2 N–H and O–H groups in total. The number of aromatic nitrogens is 3. The van der Waals surface area contributed by atoms with E-state index in [9.17, 15) is 9.59 Å². The second-order valence-electron chi connectivity index (χ2n) is 2.44. The zero-order valence-electron chi connectivity index (χ0n) is 6.30. The minimum Gasteiger partial charge on any atom is -0.305 e. The molecular formula is C7H4ClN3O2. The van der Waals surface area contributed by atoms with Crippen LogP contribution in [-0.2, 0) is 0 Å². The van der Waals surface area contributed by atoms with E-state index in [0.717, 1.165) is 0 Å². The zero-order chi connectivity index (χ0) is 9.42. The summed E-state index contributed by atoms with van der Waals surface area (Å²) < 4.78 is 0. The van der Waals surface area contributed by atoms with E-state index in [1.165, 1.54) is 12.1 Å². The van der Waals surface area contributed by atoms with E-state index in [-0.39, 0.29) is 10.7 Å². The quantitative estimate of drug-likeness (QED) is 0.595. The lowest BCUT2D eigenvalue weighted by atomic mass is 10.4. The van der Waals surface area contributed by atoms with E-state index in [2.05, 4.69) is 15.0 Å². The van der Waals surface area contributed by atoms with Crippen molar-refractivity contribution in [3.8, 4) is 0 Å². The summed E-state index contributed by atoms with van der Waals surface area (Å²) in [6.07, 6.45) is 0. The molecule has 2 aromatic rings. The Morgan fingerprint density at radius 3 is 2.77 bits per heavy atom. The fourth-order valence-corrected chi connectivity index (χ4v) is 1.17. The second kappa shape index (κ2) is 2.70. The summed E-state index contributed by atoms with van der Waals surface area (Å²) in [5.74, 6) is 0. The summed E-state index contributed by atoms with van der Waals surface area (Å²) in [6.45, 7) is 0. The lowest BCUT2D eigenvalue weighted by Gasteiger charge is -1.94. The van der Waals surface area contributed by atoms with Crippen LogP contribution < -0.4 is 11.2 Å². The molecule has 2 heterocycles. The largest absolute Gasteiger partial charge is 0.326 e. The van der Waals surface area contributed by atoms with Crippen LogP contribution in [0.1, 0.15) is 0 Å². The predicted molar refractivity (Wildman–Crippen MR) is 48.0 cm³/mol. The first-order chi connectivity index (χ1) is 6.16. The molecule has 6 heteroatoms. The Hall–Kier alpha value is -1.62. The standard InChI is InChI=1S/C7H4ClN3O2/c8-4-2-1-3-5(10-4)6(12)11-7(13)9-3/h1-2H,(H2,9,11,12,13). The molecule has 0 aromatic carbocycles. The van der Waals surface area contributed by atoms with Crippen molar-refractivity contribution in [2.45, 2.75) is 0 Å². The topological polar surface area (TPSA) is 78.6 Å². The van der Waals surface area contributed by atoms with Gasteiger partial charge in [0.05, 0.1) is 5.52 Å². The Labute approximate surface area is 76.4 Å². The van der Waals surface area contributed by atoms with E-state index in [0.29, 0.717) is 5.52 Å². The summed E-state index contributed by atoms with van der Waals surface area (Å²) in [5, 5.41) is 0.213. The van der Waals surface area contributed by atoms with Crippen LogP contribution in [0.25, 0.3) is 11.0 Å². The summed E-state index contributed by atoms with van der Waals surface area (Å²) in [5.41, 5.74) is -0.590. The Morgan fingerprint density at radius 2 is 2.00 bits per heavy atom. The minimum absolute atomic E-state index is 0.132. The molecule has 0 unspecified atom stereocenters. The highest BCUT2D eigenvalue weighted by Gasteiger charge is 2.01. The van der Waals surface area contributed by atoms with Gasteiger partial charge in [0.15, 0.2) is 5.52 Å². The molecule has 66 valence electrons. The molecule has 0 radical (unpaired) electrons. The van der Waals surface area contributed by atoms with Gasteiger partial charge in [-0.3, -0.25) is 9.78 Å². The lowest BCUT2D eigenvalue weighted by molar-refractivity contribution is 1.07. The van der Waals surface area contributed by atoms with Crippen LogP contribution in [0, 0.1) is 0 Å². The highest BCUT2D eigenvalue weighted by atomic mass is 35.5. The maximum atomic E-state index is 11.2. The van der Waals surface area contributed by atoms with E-state index in [1.54, 1.807) is 0 Å². The van der Waals surface area contributed by atoms with Gasteiger partial charge in [-0.05, 0) is 12.1 Å². The van der Waals surface area contributed by atoms with Crippen LogP contribution in [0.3, 0.4) is 0 Å². The third-order valence-corrected chi connectivity index (χ3v) is 1.76. The number of aromatic amines is 2. The van der Waals surface area contributed by atoms with Crippen molar-refractivity contribution < 1.29 is 0 Å².